The van der Waals surface area contributed by atoms with Crippen LogP contribution in [0.1, 0.15) is 40.3 Å². The van der Waals surface area contributed by atoms with Crippen LogP contribution in [0.3, 0.4) is 0 Å². The van der Waals surface area contributed by atoms with E-state index in [1.54, 1.807) is 18.6 Å². The van der Waals surface area contributed by atoms with E-state index >= 15 is 0 Å². The summed E-state index contributed by atoms with van der Waals surface area (Å²) in [7, 11) is 0. The third kappa shape index (κ3) is 4.22. The van der Waals surface area contributed by atoms with Gasteiger partial charge in [-0.3, -0.25) is 14.8 Å². The average molecular weight is 404 g/mol. The second-order valence-electron chi connectivity index (χ2n) is 6.66. The van der Waals surface area contributed by atoms with Gasteiger partial charge < -0.3 is 10.6 Å². The Kier molecular flexibility index (Phi) is 5.44. The van der Waals surface area contributed by atoms with E-state index in [9.17, 15) is 4.79 Å². The highest BCUT2D eigenvalue weighted by molar-refractivity contribution is 7.17. The van der Waals surface area contributed by atoms with Gasteiger partial charge in [-0.15, -0.1) is 11.3 Å². The molecule has 0 fully saturated rings. The molecule has 1 amide bonds. The highest BCUT2D eigenvalue weighted by Gasteiger charge is 2.19. The van der Waals surface area contributed by atoms with Crippen LogP contribution in [0.15, 0.2) is 54.3 Å². The Labute approximate surface area is 172 Å². The molecule has 0 aliphatic heterocycles. The number of amides is 1. The summed E-state index contributed by atoms with van der Waals surface area (Å²) >= 11 is 1.48. The quantitative estimate of drug-likeness (QED) is 0.506. The Bertz CT molecular complexity index is 1130. The number of nitrogens with zero attached hydrogens (tertiary/aromatic N) is 4. The first-order valence-corrected chi connectivity index (χ1v) is 10.1. The highest BCUT2D eigenvalue weighted by Crippen LogP contribution is 2.28. The van der Waals surface area contributed by atoms with Crippen molar-refractivity contribution in [2.75, 3.05) is 5.32 Å². The predicted molar refractivity (Wildman–Crippen MR) is 114 cm³/mol. The fourth-order valence-corrected chi connectivity index (χ4v) is 3.89. The van der Waals surface area contributed by atoms with Crippen LogP contribution >= 0.6 is 11.3 Å². The molecule has 0 bridgehead atoms. The van der Waals surface area contributed by atoms with Crippen LogP contribution in [0.25, 0.3) is 10.2 Å². The molecule has 4 aromatic heterocycles. The second kappa shape index (κ2) is 8.32. The van der Waals surface area contributed by atoms with Crippen molar-refractivity contribution in [1.29, 1.82) is 0 Å². The Hall–Kier alpha value is -3.39. The number of aryl methyl sites for hydroxylation is 1. The van der Waals surface area contributed by atoms with E-state index in [4.69, 9.17) is 0 Å². The first-order valence-electron chi connectivity index (χ1n) is 9.22. The average Bonchev–Trinajstić information content (AvgIpc) is 3.13. The van der Waals surface area contributed by atoms with Crippen molar-refractivity contribution in [3.05, 3.63) is 76.8 Å². The SMILES string of the molecule is Cc1csc2c(C(=O)NCc3cccnc3)nc(NC(C)c3ccccn3)nc12. The molecule has 1 unspecified atom stereocenters. The fourth-order valence-electron chi connectivity index (χ4n) is 2.92. The molecule has 0 aromatic carbocycles. The molecule has 146 valence electrons. The summed E-state index contributed by atoms with van der Waals surface area (Å²) in [4.78, 5) is 30.5. The number of aromatic nitrogens is 4. The van der Waals surface area contributed by atoms with Gasteiger partial charge in [0.15, 0.2) is 5.69 Å². The number of pyridine rings is 2. The summed E-state index contributed by atoms with van der Waals surface area (Å²) in [6, 6.07) is 9.41. The van der Waals surface area contributed by atoms with Crippen LogP contribution < -0.4 is 10.6 Å². The molecule has 1 atom stereocenters. The number of carbonyl (C=O) groups excluding carboxylic acids is 1. The zero-order valence-electron chi connectivity index (χ0n) is 16.1. The number of carbonyl (C=O) groups is 1. The van der Waals surface area contributed by atoms with Gasteiger partial charge in [0.2, 0.25) is 5.95 Å². The molecule has 0 aliphatic rings. The van der Waals surface area contributed by atoms with Gasteiger partial charge in [-0.1, -0.05) is 12.1 Å². The lowest BCUT2D eigenvalue weighted by molar-refractivity contribution is 0.0948. The summed E-state index contributed by atoms with van der Waals surface area (Å²) < 4.78 is 0.780. The molecule has 8 heteroatoms. The normalized spacial score (nSPS) is 11.9. The zero-order chi connectivity index (χ0) is 20.2. The number of hydrogen-bond acceptors (Lipinski definition) is 7. The van der Waals surface area contributed by atoms with Crippen molar-refractivity contribution < 1.29 is 4.79 Å². The molecular weight excluding hydrogens is 384 g/mol. The van der Waals surface area contributed by atoms with Gasteiger partial charge in [0.1, 0.15) is 0 Å². The van der Waals surface area contributed by atoms with E-state index in [0.29, 0.717) is 18.2 Å². The van der Waals surface area contributed by atoms with Crippen LogP contribution in [-0.4, -0.2) is 25.8 Å². The number of anilines is 1. The zero-order valence-corrected chi connectivity index (χ0v) is 16.9. The van der Waals surface area contributed by atoms with Crippen molar-refractivity contribution >= 4 is 33.4 Å². The molecule has 4 aromatic rings. The third-order valence-electron chi connectivity index (χ3n) is 4.46. The van der Waals surface area contributed by atoms with Gasteiger partial charge in [0.25, 0.3) is 5.91 Å². The van der Waals surface area contributed by atoms with Gasteiger partial charge in [-0.25, -0.2) is 9.97 Å². The van der Waals surface area contributed by atoms with Crippen molar-refractivity contribution in [1.82, 2.24) is 25.3 Å². The molecule has 2 N–H and O–H groups in total. The van der Waals surface area contributed by atoms with E-state index in [1.807, 2.05) is 49.6 Å². The summed E-state index contributed by atoms with van der Waals surface area (Å²) in [6.45, 7) is 4.35. The number of nitrogens with one attached hydrogen (secondary N) is 2. The number of hydrogen-bond donors (Lipinski definition) is 2. The van der Waals surface area contributed by atoms with E-state index in [2.05, 4.69) is 30.6 Å². The van der Waals surface area contributed by atoms with Crippen LogP contribution in [0.5, 0.6) is 0 Å². The molecule has 0 saturated heterocycles. The Morgan fingerprint density at radius 2 is 2.07 bits per heavy atom. The minimum atomic E-state index is -0.239. The smallest absolute Gasteiger partial charge is 0.271 e. The predicted octanol–water partition coefficient (Wildman–Crippen LogP) is 3.89. The maximum absolute atomic E-state index is 12.9. The van der Waals surface area contributed by atoms with E-state index in [0.717, 1.165) is 27.0 Å². The Morgan fingerprint density at radius 1 is 1.17 bits per heavy atom. The molecule has 4 heterocycles. The molecule has 4 rings (SSSR count). The maximum Gasteiger partial charge on any atom is 0.271 e. The molecule has 0 aliphatic carbocycles. The number of rotatable bonds is 6. The van der Waals surface area contributed by atoms with Gasteiger partial charge in [0, 0.05) is 25.1 Å². The number of thiophene rings is 1. The van der Waals surface area contributed by atoms with Crippen LogP contribution in [0.2, 0.25) is 0 Å². The number of fused-ring (bicyclic) bond motifs is 1. The largest absolute Gasteiger partial charge is 0.347 e. The molecule has 0 saturated carbocycles. The highest BCUT2D eigenvalue weighted by atomic mass is 32.1. The summed E-state index contributed by atoms with van der Waals surface area (Å²) in [5, 5.41) is 8.18. The van der Waals surface area contributed by atoms with Crippen molar-refractivity contribution in [3.8, 4) is 0 Å². The van der Waals surface area contributed by atoms with E-state index in [-0.39, 0.29) is 11.9 Å². The summed E-state index contributed by atoms with van der Waals surface area (Å²) in [5.41, 5.74) is 3.97. The van der Waals surface area contributed by atoms with Crippen molar-refractivity contribution in [2.24, 2.45) is 0 Å². The van der Waals surface area contributed by atoms with Gasteiger partial charge in [0.05, 0.1) is 22.0 Å². The molecule has 29 heavy (non-hydrogen) atoms. The first kappa shape index (κ1) is 18.9. The Morgan fingerprint density at radius 3 is 2.83 bits per heavy atom. The van der Waals surface area contributed by atoms with Crippen LogP contribution in [0.4, 0.5) is 5.95 Å². The summed E-state index contributed by atoms with van der Waals surface area (Å²) in [5.74, 6) is 0.167. The first-order chi connectivity index (χ1) is 14.1. The van der Waals surface area contributed by atoms with Gasteiger partial charge in [-0.05, 0) is 48.6 Å². The van der Waals surface area contributed by atoms with Gasteiger partial charge >= 0.3 is 0 Å². The molecule has 0 spiro atoms. The lowest BCUT2D eigenvalue weighted by Crippen LogP contribution is -2.24. The topological polar surface area (TPSA) is 92.7 Å². The van der Waals surface area contributed by atoms with E-state index < -0.39 is 0 Å². The second-order valence-corrected chi connectivity index (χ2v) is 7.54. The molecule has 7 nitrogen and oxygen atoms in total. The molecular formula is C21H20N6OS. The Balaban J connectivity index is 1.61. The van der Waals surface area contributed by atoms with E-state index in [1.165, 1.54) is 11.3 Å². The monoisotopic (exact) mass is 404 g/mol. The van der Waals surface area contributed by atoms with Gasteiger partial charge in [-0.2, -0.15) is 0 Å². The van der Waals surface area contributed by atoms with Crippen LogP contribution in [-0.2, 0) is 6.54 Å². The fraction of sp³-hybridized carbons (Fsp3) is 0.190. The van der Waals surface area contributed by atoms with Crippen molar-refractivity contribution in [2.45, 2.75) is 26.4 Å². The summed E-state index contributed by atoms with van der Waals surface area (Å²) in [6.07, 6.45) is 5.18. The van der Waals surface area contributed by atoms with Crippen LogP contribution in [0, 0.1) is 6.92 Å². The minimum absolute atomic E-state index is 0.0982. The lowest BCUT2D eigenvalue weighted by Gasteiger charge is -2.14. The minimum Gasteiger partial charge on any atom is -0.347 e. The maximum atomic E-state index is 12.9. The third-order valence-corrected chi connectivity index (χ3v) is 5.55. The lowest BCUT2D eigenvalue weighted by atomic mass is 10.2. The standard InChI is InChI=1S/C21H20N6OS/c1-13-12-29-19-17(13)26-21(25-14(2)16-7-3-4-9-23-16)27-18(19)20(28)24-11-15-6-5-8-22-10-15/h3-10,12,14H,11H2,1-2H3,(H,24,28)(H,25,26,27). The molecule has 0 radical (unpaired) electrons. The van der Waals surface area contributed by atoms with Crippen molar-refractivity contribution in [3.63, 3.8) is 0 Å².